The molecule has 3 heteroatoms. The standard InChI is InChI=1S/C15H22O2S/c1-10(7-16)8-18-9-15(17)14-6-12(3)11(2)5-13(14)4/h5-6,10,16H,7-9H2,1-4H3. The van der Waals surface area contributed by atoms with Gasteiger partial charge in [0.1, 0.15) is 0 Å². The third kappa shape index (κ3) is 4.14. The van der Waals surface area contributed by atoms with Crippen LogP contribution in [0.1, 0.15) is 34.0 Å². The Morgan fingerprint density at radius 2 is 1.83 bits per heavy atom. The zero-order valence-corrected chi connectivity index (χ0v) is 12.4. The van der Waals surface area contributed by atoms with Crippen molar-refractivity contribution in [2.24, 2.45) is 5.92 Å². The first kappa shape index (κ1) is 15.3. The van der Waals surface area contributed by atoms with Gasteiger partial charge in [0.05, 0.1) is 5.75 Å². The molecule has 0 bridgehead atoms. The van der Waals surface area contributed by atoms with Crippen molar-refractivity contribution in [3.8, 4) is 0 Å². The average molecular weight is 266 g/mol. The summed E-state index contributed by atoms with van der Waals surface area (Å²) >= 11 is 1.60. The Balaban J connectivity index is 2.64. The highest BCUT2D eigenvalue weighted by Gasteiger charge is 2.11. The highest BCUT2D eigenvalue weighted by molar-refractivity contribution is 7.99. The van der Waals surface area contributed by atoms with Crippen LogP contribution < -0.4 is 0 Å². The molecule has 1 aromatic carbocycles. The Morgan fingerprint density at radius 1 is 1.22 bits per heavy atom. The van der Waals surface area contributed by atoms with Gasteiger partial charge >= 0.3 is 0 Å². The van der Waals surface area contributed by atoms with Gasteiger partial charge in [0.2, 0.25) is 0 Å². The van der Waals surface area contributed by atoms with Crippen LogP contribution in [0.3, 0.4) is 0 Å². The lowest BCUT2D eigenvalue weighted by atomic mass is 9.99. The molecule has 2 nitrogen and oxygen atoms in total. The highest BCUT2D eigenvalue weighted by atomic mass is 32.2. The van der Waals surface area contributed by atoms with Gasteiger partial charge in [0, 0.05) is 12.2 Å². The van der Waals surface area contributed by atoms with E-state index in [1.54, 1.807) is 11.8 Å². The fraction of sp³-hybridized carbons (Fsp3) is 0.533. The molecule has 0 amide bonds. The maximum absolute atomic E-state index is 12.1. The second-order valence-corrected chi connectivity index (χ2v) is 6.01. The molecule has 0 aromatic heterocycles. The molecule has 100 valence electrons. The molecule has 0 saturated carbocycles. The van der Waals surface area contributed by atoms with E-state index in [2.05, 4.69) is 13.0 Å². The molecule has 0 spiro atoms. The third-order valence-corrected chi connectivity index (χ3v) is 4.36. The van der Waals surface area contributed by atoms with Crippen LogP contribution >= 0.6 is 11.8 Å². The number of aryl methyl sites for hydroxylation is 3. The molecule has 0 aliphatic rings. The van der Waals surface area contributed by atoms with Gasteiger partial charge in [-0.3, -0.25) is 4.79 Å². The van der Waals surface area contributed by atoms with Gasteiger partial charge in [-0.15, -0.1) is 0 Å². The smallest absolute Gasteiger partial charge is 0.172 e. The van der Waals surface area contributed by atoms with Crippen molar-refractivity contribution >= 4 is 17.5 Å². The van der Waals surface area contributed by atoms with E-state index in [9.17, 15) is 4.79 Å². The second kappa shape index (κ2) is 6.95. The molecule has 1 aromatic rings. The van der Waals surface area contributed by atoms with Crippen molar-refractivity contribution in [1.29, 1.82) is 0 Å². The average Bonchev–Trinajstić information content (AvgIpc) is 2.33. The topological polar surface area (TPSA) is 37.3 Å². The van der Waals surface area contributed by atoms with Crippen molar-refractivity contribution in [3.05, 3.63) is 34.4 Å². The Bertz CT molecular complexity index is 427. The van der Waals surface area contributed by atoms with Crippen molar-refractivity contribution in [2.45, 2.75) is 27.7 Å². The third-order valence-electron chi connectivity index (χ3n) is 3.09. The number of aliphatic hydroxyl groups excluding tert-OH is 1. The van der Waals surface area contributed by atoms with E-state index in [-0.39, 0.29) is 18.3 Å². The van der Waals surface area contributed by atoms with Crippen molar-refractivity contribution in [2.75, 3.05) is 18.1 Å². The van der Waals surface area contributed by atoms with Gasteiger partial charge in [-0.2, -0.15) is 11.8 Å². The predicted octanol–water partition coefficient (Wildman–Crippen LogP) is 3.16. The summed E-state index contributed by atoms with van der Waals surface area (Å²) in [6.07, 6.45) is 0. The predicted molar refractivity (Wildman–Crippen MR) is 78.6 cm³/mol. The van der Waals surface area contributed by atoms with Gasteiger partial charge in [0.15, 0.2) is 5.78 Å². The van der Waals surface area contributed by atoms with Crippen LogP contribution in [-0.4, -0.2) is 29.0 Å². The van der Waals surface area contributed by atoms with Gasteiger partial charge in [-0.05, 0) is 55.2 Å². The van der Waals surface area contributed by atoms with Crippen molar-refractivity contribution in [3.63, 3.8) is 0 Å². The summed E-state index contributed by atoms with van der Waals surface area (Å²) in [5.74, 6) is 1.76. The molecule has 0 aliphatic heterocycles. The van der Waals surface area contributed by atoms with Crippen LogP contribution in [0.2, 0.25) is 0 Å². The molecule has 0 radical (unpaired) electrons. The Hall–Kier alpha value is -0.800. The summed E-state index contributed by atoms with van der Waals surface area (Å²) in [4.78, 5) is 12.1. The summed E-state index contributed by atoms with van der Waals surface area (Å²) < 4.78 is 0. The quantitative estimate of drug-likeness (QED) is 0.804. The number of aliphatic hydroxyl groups is 1. The summed E-state index contributed by atoms with van der Waals surface area (Å²) in [5.41, 5.74) is 4.28. The maximum Gasteiger partial charge on any atom is 0.172 e. The Kier molecular flexibility index (Phi) is 5.89. The van der Waals surface area contributed by atoms with E-state index in [4.69, 9.17) is 5.11 Å². The molecule has 1 rings (SSSR count). The van der Waals surface area contributed by atoms with Gasteiger partial charge in [-0.25, -0.2) is 0 Å². The molecular weight excluding hydrogens is 244 g/mol. The number of carbonyl (C=O) groups excluding carboxylic acids is 1. The van der Waals surface area contributed by atoms with Crippen LogP contribution in [0.4, 0.5) is 0 Å². The number of Topliss-reactive ketones (excluding diaryl/α,β-unsaturated/α-hetero) is 1. The minimum atomic E-state index is 0.184. The van der Waals surface area contributed by atoms with E-state index in [0.717, 1.165) is 22.4 Å². The van der Waals surface area contributed by atoms with Crippen LogP contribution in [0.25, 0.3) is 0 Å². The molecule has 0 fully saturated rings. The maximum atomic E-state index is 12.1. The number of carbonyl (C=O) groups is 1. The lowest BCUT2D eigenvalue weighted by Crippen LogP contribution is -2.09. The molecule has 1 unspecified atom stereocenters. The van der Waals surface area contributed by atoms with Crippen LogP contribution in [0, 0.1) is 26.7 Å². The van der Waals surface area contributed by atoms with Crippen LogP contribution in [-0.2, 0) is 0 Å². The molecule has 0 saturated heterocycles. The second-order valence-electron chi connectivity index (χ2n) is 4.98. The minimum absolute atomic E-state index is 0.184. The molecule has 1 atom stereocenters. The van der Waals surface area contributed by atoms with E-state index < -0.39 is 0 Å². The van der Waals surface area contributed by atoms with E-state index in [1.165, 1.54) is 5.56 Å². The fourth-order valence-electron chi connectivity index (χ4n) is 1.74. The minimum Gasteiger partial charge on any atom is -0.396 e. The highest BCUT2D eigenvalue weighted by Crippen LogP contribution is 2.18. The molecule has 18 heavy (non-hydrogen) atoms. The number of rotatable bonds is 6. The molecule has 1 N–H and O–H groups in total. The zero-order chi connectivity index (χ0) is 13.7. The lowest BCUT2D eigenvalue weighted by molar-refractivity contribution is 0.102. The first-order chi connectivity index (χ1) is 8.45. The largest absolute Gasteiger partial charge is 0.396 e. The number of hydrogen-bond acceptors (Lipinski definition) is 3. The van der Waals surface area contributed by atoms with Gasteiger partial charge in [-0.1, -0.05) is 13.0 Å². The number of ketones is 1. The monoisotopic (exact) mass is 266 g/mol. The van der Waals surface area contributed by atoms with E-state index in [1.807, 2.05) is 26.8 Å². The SMILES string of the molecule is Cc1cc(C)c(C(=O)CSCC(C)CO)cc1C. The molecule has 0 heterocycles. The van der Waals surface area contributed by atoms with E-state index in [0.29, 0.717) is 5.75 Å². The molecular formula is C15H22O2S. The van der Waals surface area contributed by atoms with Crippen molar-refractivity contribution in [1.82, 2.24) is 0 Å². The first-order valence-electron chi connectivity index (χ1n) is 6.25. The normalized spacial score (nSPS) is 12.5. The van der Waals surface area contributed by atoms with Crippen LogP contribution in [0.5, 0.6) is 0 Å². The molecule has 0 aliphatic carbocycles. The summed E-state index contributed by atoms with van der Waals surface area (Å²) in [7, 11) is 0. The fourth-order valence-corrected chi connectivity index (χ4v) is 2.71. The number of benzene rings is 1. The first-order valence-corrected chi connectivity index (χ1v) is 7.40. The van der Waals surface area contributed by atoms with E-state index >= 15 is 0 Å². The van der Waals surface area contributed by atoms with Gasteiger partial charge in [0.25, 0.3) is 0 Å². The summed E-state index contributed by atoms with van der Waals surface area (Å²) in [5, 5.41) is 8.93. The lowest BCUT2D eigenvalue weighted by Gasteiger charge is -2.10. The zero-order valence-electron chi connectivity index (χ0n) is 11.6. The van der Waals surface area contributed by atoms with Gasteiger partial charge < -0.3 is 5.11 Å². The Labute approximate surface area is 114 Å². The number of hydrogen-bond donors (Lipinski definition) is 1. The summed E-state index contributed by atoms with van der Waals surface area (Å²) in [6, 6.07) is 4.06. The van der Waals surface area contributed by atoms with Crippen molar-refractivity contribution < 1.29 is 9.90 Å². The Morgan fingerprint density at radius 3 is 2.44 bits per heavy atom. The number of thioether (sulfide) groups is 1. The van der Waals surface area contributed by atoms with Crippen LogP contribution in [0.15, 0.2) is 12.1 Å². The summed E-state index contributed by atoms with van der Waals surface area (Å²) in [6.45, 7) is 8.25.